The third-order valence-electron chi connectivity index (χ3n) is 4.88. The molecule has 0 N–H and O–H groups in total. The SMILES string of the molecule is CCCCCCCCCCCCCCCCCN1CCSC1=S. The topological polar surface area (TPSA) is 3.24 Å². The average molecular weight is 358 g/mol. The fraction of sp³-hybridized carbons (Fsp3) is 0.950. The molecule has 23 heavy (non-hydrogen) atoms. The zero-order valence-corrected chi connectivity index (χ0v) is 17.1. The lowest BCUT2D eigenvalue weighted by atomic mass is 10.0. The molecule has 1 nitrogen and oxygen atoms in total. The minimum absolute atomic E-state index is 1.13. The van der Waals surface area contributed by atoms with Crippen LogP contribution in [0.3, 0.4) is 0 Å². The smallest absolute Gasteiger partial charge is 0.136 e. The van der Waals surface area contributed by atoms with Crippen molar-refractivity contribution in [2.24, 2.45) is 0 Å². The van der Waals surface area contributed by atoms with Crippen molar-refractivity contribution < 1.29 is 0 Å². The number of thioether (sulfide) groups is 1. The summed E-state index contributed by atoms with van der Waals surface area (Å²) in [5, 5.41) is 0. The highest BCUT2D eigenvalue weighted by Gasteiger charge is 2.15. The van der Waals surface area contributed by atoms with E-state index in [2.05, 4.69) is 11.8 Å². The molecular formula is C20H39NS2. The summed E-state index contributed by atoms with van der Waals surface area (Å²) in [6, 6.07) is 0. The molecule has 1 fully saturated rings. The summed E-state index contributed by atoms with van der Waals surface area (Å²) in [7, 11) is 0. The van der Waals surface area contributed by atoms with Gasteiger partial charge in [0.2, 0.25) is 0 Å². The van der Waals surface area contributed by atoms with Crippen molar-refractivity contribution in [1.82, 2.24) is 4.90 Å². The predicted octanol–water partition coefficient (Wildman–Crippen LogP) is 7.19. The van der Waals surface area contributed by atoms with Gasteiger partial charge in [-0.1, -0.05) is 121 Å². The Morgan fingerprint density at radius 1 is 0.739 bits per heavy atom. The van der Waals surface area contributed by atoms with Gasteiger partial charge in [0.25, 0.3) is 0 Å². The van der Waals surface area contributed by atoms with Crippen LogP contribution in [0.5, 0.6) is 0 Å². The largest absolute Gasteiger partial charge is 0.357 e. The van der Waals surface area contributed by atoms with Gasteiger partial charge in [-0.2, -0.15) is 0 Å². The summed E-state index contributed by atoms with van der Waals surface area (Å²) < 4.78 is 1.13. The van der Waals surface area contributed by atoms with Gasteiger partial charge >= 0.3 is 0 Å². The molecule has 1 rings (SSSR count). The van der Waals surface area contributed by atoms with E-state index in [1.165, 1.54) is 115 Å². The van der Waals surface area contributed by atoms with E-state index < -0.39 is 0 Å². The second-order valence-electron chi connectivity index (χ2n) is 7.05. The monoisotopic (exact) mass is 357 g/mol. The summed E-state index contributed by atoms with van der Waals surface area (Å²) in [5.41, 5.74) is 0. The molecule has 0 unspecified atom stereocenters. The summed E-state index contributed by atoms with van der Waals surface area (Å²) >= 11 is 7.18. The molecule has 0 bridgehead atoms. The Kier molecular flexibility index (Phi) is 14.6. The fourth-order valence-electron chi connectivity index (χ4n) is 3.30. The van der Waals surface area contributed by atoms with Crippen molar-refractivity contribution in [2.75, 3.05) is 18.8 Å². The molecule has 0 aromatic rings. The zero-order chi connectivity index (χ0) is 16.6. The first-order chi connectivity index (χ1) is 11.3. The lowest BCUT2D eigenvalue weighted by Gasteiger charge is -2.16. The van der Waals surface area contributed by atoms with E-state index in [1.54, 1.807) is 0 Å². The van der Waals surface area contributed by atoms with Crippen LogP contribution in [0, 0.1) is 0 Å². The highest BCUT2D eigenvalue weighted by molar-refractivity contribution is 8.23. The van der Waals surface area contributed by atoms with Gasteiger partial charge in [0.05, 0.1) is 0 Å². The molecule has 3 heteroatoms. The number of thiocarbonyl (C=S) groups is 1. The molecular weight excluding hydrogens is 318 g/mol. The summed E-state index contributed by atoms with van der Waals surface area (Å²) in [5.74, 6) is 1.21. The first-order valence-electron chi connectivity index (χ1n) is 10.3. The van der Waals surface area contributed by atoms with Crippen LogP contribution in [-0.2, 0) is 0 Å². The fourth-order valence-corrected chi connectivity index (χ4v) is 4.59. The number of hydrogen-bond donors (Lipinski definition) is 0. The predicted molar refractivity (Wildman–Crippen MR) is 112 cm³/mol. The van der Waals surface area contributed by atoms with Gasteiger partial charge in [-0.25, -0.2) is 0 Å². The number of hydrogen-bond acceptors (Lipinski definition) is 2. The minimum Gasteiger partial charge on any atom is -0.357 e. The third-order valence-corrected chi connectivity index (χ3v) is 6.38. The maximum atomic E-state index is 5.33. The van der Waals surface area contributed by atoms with Crippen molar-refractivity contribution >= 4 is 28.3 Å². The van der Waals surface area contributed by atoms with Gasteiger partial charge in [-0.15, -0.1) is 0 Å². The van der Waals surface area contributed by atoms with Gasteiger partial charge in [-0.05, 0) is 6.42 Å². The van der Waals surface area contributed by atoms with E-state index in [1.807, 2.05) is 11.8 Å². The highest BCUT2D eigenvalue weighted by Crippen LogP contribution is 2.19. The van der Waals surface area contributed by atoms with Crippen LogP contribution in [0.15, 0.2) is 0 Å². The van der Waals surface area contributed by atoms with Crippen molar-refractivity contribution in [3.8, 4) is 0 Å². The van der Waals surface area contributed by atoms with Crippen molar-refractivity contribution in [3.05, 3.63) is 0 Å². The Morgan fingerprint density at radius 3 is 1.57 bits per heavy atom. The Balaban J connectivity index is 1.69. The van der Waals surface area contributed by atoms with Gasteiger partial charge < -0.3 is 4.90 Å². The second-order valence-corrected chi connectivity index (χ2v) is 8.78. The van der Waals surface area contributed by atoms with Gasteiger partial charge in [0, 0.05) is 18.8 Å². The standard InChI is InChI=1S/C20H39NS2/c1-2-3-4-5-6-7-8-9-10-11-12-13-14-15-16-17-21-18-19-23-20(21)22/h2-19H2,1H3. The van der Waals surface area contributed by atoms with Gasteiger partial charge in [-0.3, -0.25) is 0 Å². The molecule has 1 aliphatic heterocycles. The first-order valence-corrected chi connectivity index (χ1v) is 11.7. The van der Waals surface area contributed by atoms with Crippen LogP contribution in [0.1, 0.15) is 103 Å². The molecule has 0 spiro atoms. The van der Waals surface area contributed by atoms with E-state index in [0.29, 0.717) is 0 Å². The summed E-state index contributed by atoms with van der Waals surface area (Å²) in [6.45, 7) is 4.67. The quantitative estimate of drug-likeness (QED) is 0.212. The first kappa shape index (κ1) is 21.3. The minimum atomic E-state index is 1.13. The molecule has 1 saturated heterocycles. The Morgan fingerprint density at radius 2 is 1.17 bits per heavy atom. The van der Waals surface area contributed by atoms with Crippen LogP contribution in [0.4, 0.5) is 0 Å². The molecule has 0 amide bonds. The van der Waals surface area contributed by atoms with Gasteiger partial charge in [0.1, 0.15) is 4.32 Å². The third kappa shape index (κ3) is 12.3. The molecule has 0 aromatic carbocycles. The van der Waals surface area contributed by atoms with E-state index >= 15 is 0 Å². The number of rotatable bonds is 16. The molecule has 0 atom stereocenters. The van der Waals surface area contributed by atoms with Crippen molar-refractivity contribution in [1.29, 1.82) is 0 Å². The van der Waals surface area contributed by atoms with Crippen LogP contribution >= 0.6 is 24.0 Å². The normalized spacial score (nSPS) is 14.8. The van der Waals surface area contributed by atoms with E-state index in [0.717, 1.165) is 4.32 Å². The molecule has 1 heterocycles. The van der Waals surface area contributed by atoms with Crippen molar-refractivity contribution in [2.45, 2.75) is 103 Å². The van der Waals surface area contributed by atoms with Crippen molar-refractivity contribution in [3.63, 3.8) is 0 Å². The Hall–Kier alpha value is 0.240. The molecule has 0 saturated carbocycles. The molecule has 0 aromatic heterocycles. The summed E-state index contributed by atoms with van der Waals surface area (Å²) in [6.07, 6.45) is 21.6. The van der Waals surface area contributed by atoms with Crippen LogP contribution in [0.2, 0.25) is 0 Å². The highest BCUT2D eigenvalue weighted by atomic mass is 32.2. The van der Waals surface area contributed by atoms with Crippen LogP contribution in [-0.4, -0.2) is 28.1 Å². The Labute approximate surface area is 155 Å². The van der Waals surface area contributed by atoms with E-state index in [9.17, 15) is 0 Å². The number of unbranched alkanes of at least 4 members (excludes halogenated alkanes) is 14. The Bertz CT molecular complexity index is 281. The van der Waals surface area contributed by atoms with E-state index in [-0.39, 0.29) is 0 Å². The van der Waals surface area contributed by atoms with Gasteiger partial charge in [0.15, 0.2) is 0 Å². The maximum Gasteiger partial charge on any atom is 0.136 e. The van der Waals surface area contributed by atoms with Crippen LogP contribution < -0.4 is 0 Å². The molecule has 0 radical (unpaired) electrons. The zero-order valence-electron chi connectivity index (χ0n) is 15.5. The number of nitrogens with zero attached hydrogens (tertiary/aromatic N) is 1. The molecule has 1 aliphatic rings. The molecule has 136 valence electrons. The lowest BCUT2D eigenvalue weighted by Crippen LogP contribution is -2.23. The maximum absolute atomic E-state index is 5.33. The van der Waals surface area contributed by atoms with Crippen LogP contribution in [0.25, 0.3) is 0 Å². The second kappa shape index (κ2) is 15.7. The average Bonchev–Trinajstić information content (AvgIpc) is 2.96. The lowest BCUT2D eigenvalue weighted by molar-refractivity contribution is 0.438. The van der Waals surface area contributed by atoms with E-state index in [4.69, 9.17) is 12.2 Å². The molecule has 0 aliphatic carbocycles. The summed E-state index contributed by atoms with van der Waals surface area (Å²) in [4.78, 5) is 2.39.